The molecule has 3 rings (SSSR count). The summed E-state index contributed by atoms with van der Waals surface area (Å²) in [4.78, 5) is 35.6. The molecule has 0 radical (unpaired) electrons. The third-order valence-electron chi connectivity index (χ3n) is 3.80. The molecule has 0 saturated heterocycles. The summed E-state index contributed by atoms with van der Waals surface area (Å²) in [7, 11) is 1.76. The van der Waals surface area contributed by atoms with E-state index in [0.717, 1.165) is 10.5 Å². The summed E-state index contributed by atoms with van der Waals surface area (Å²) in [6.45, 7) is 2.25. The average molecular weight is 357 g/mol. The first-order chi connectivity index (χ1) is 12.0. The van der Waals surface area contributed by atoms with Gasteiger partial charge in [-0.05, 0) is 30.9 Å². The molecule has 0 aliphatic carbocycles. The Balaban J connectivity index is 1.73. The van der Waals surface area contributed by atoms with Gasteiger partial charge in [0.2, 0.25) is 5.91 Å². The molecule has 0 spiro atoms. The van der Waals surface area contributed by atoms with Crippen molar-refractivity contribution < 1.29 is 4.79 Å². The van der Waals surface area contributed by atoms with E-state index < -0.39 is 0 Å². The number of hydrogen-bond donors (Lipinski definition) is 1. The van der Waals surface area contributed by atoms with Crippen LogP contribution in [0, 0.1) is 6.92 Å². The summed E-state index contributed by atoms with van der Waals surface area (Å²) in [6.07, 6.45) is 2.10. The van der Waals surface area contributed by atoms with Gasteiger partial charge in [-0.3, -0.25) is 14.7 Å². The zero-order valence-corrected chi connectivity index (χ0v) is 15.1. The molecule has 2 heterocycles. The van der Waals surface area contributed by atoms with E-state index in [4.69, 9.17) is 0 Å². The van der Waals surface area contributed by atoms with Crippen molar-refractivity contribution in [1.29, 1.82) is 0 Å². The van der Waals surface area contributed by atoms with Gasteiger partial charge in [0.1, 0.15) is 5.82 Å². The molecule has 0 saturated carbocycles. The summed E-state index contributed by atoms with van der Waals surface area (Å²) >= 11 is 1.67. The second kappa shape index (κ2) is 7.10. The van der Waals surface area contributed by atoms with E-state index in [9.17, 15) is 9.59 Å². The Bertz CT molecular complexity index is 979. The normalized spacial score (nSPS) is 11.0. The Morgan fingerprint density at radius 3 is 2.88 bits per heavy atom. The standard InChI is InChI=1S/C17H19N5O2S/c1-11-7-16(24)22-17(18-11)19-14(20-22)9-15(23)21(2)10-12-5-4-6-13(8-12)25-3/h4-8H,9-10H2,1-3H3,(H,18,19,20). The highest BCUT2D eigenvalue weighted by molar-refractivity contribution is 7.98. The van der Waals surface area contributed by atoms with Crippen molar-refractivity contribution in [3.8, 4) is 0 Å². The number of rotatable bonds is 5. The van der Waals surface area contributed by atoms with Crippen LogP contribution in [0.5, 0.6) is 0 Å². The molecule has 1 amide bonds. The van der Waals surface area contributed by atoms with Crippen LogP contribution in [0.25, 0.3) is 5.78 Å². The van der Waals surface area contributed by atoms with Gasteiger partial charge in [0.25, 0.3) is 11.3 Å². The Labute approximate surface area is 149 Å². The van der Waals surface area contributed by atoms with Crippen molar-refractivity contribution in [2.45, 2.75) is 24.8 Å². The number of likely N-dealkylation sites (N-methyl/N-ethyl adjacent to an activating group) is 1. The lowest BCUT2D eigenvalue weighted by molar-refractivity contribution is -0.129. The van der Waals surface area contributed by atoms with Crippen LogP contribution in [0.3, 0.4) is 0 Å². The fourth-order valence-electron chi connectivity index (χ4n) is 2.53. The van der Waals surface area contributed by atoms with Crippen LogP contribution in [0.4, 0.5) is 0 Å². The number of benzene rings is 1. The Kier molecular flexibility index (Phi) is 4.89. The number of fused-ring (bicyclic) bond motifs is 1. The largest absolute Gasteiger partial charge is 0.341 e. The number of carbonyl (C=O) groups is 1. The molecule has 0 atom stereocenters. The number of thioether (sulfide) groups is 1. The number of aryl methyl sites for hydroxylation is 1. The van der Waals surface area contributed by atoms with Gasteiger partial charge in [-0.25, -0.2) is 4.98 Å². The summed E-state index contributed by atoms with van der Waals surface area (Å²) in [5.74, 6) is 0.617. The van der Waals surface area contributed by atoms with Gasteiger partial charge in [-0.2, -0.15) is 9.50 Å². The number of hydrogen-bond acceptors (Lipinski definition) is 5. The Morgan fingerprint density at radius 1 is 1.32 bits per heavy atom. The first kappa shape index (κ1) is 17.2. The van der Waals surface area contributed by atoms with Crippen LogP contribution < -0.4 is 5.56 Å². The fourth-order valence-corrected chi connectivity index (χ4v) is 3.01. The number of nitrogens with one attached hydrogen (secondary N) is 1. The number of aromatic amines is 1. The number of carbonyl (C=O) groups excluding carboxylic acids is 1. The zero-order chi connectivity index (χ0) is 18.0. The molecular weight excluding hydrogens is 338 g/mol. The second-order valence-corrected chi connectivity index (χ2v) is 6.70. The predicted molar refractivity (Wildman–Crippen MR) is 96.7 cm³/mol. The fraction of sp³-hybridized carbons (Fsp3) is 0.294. The highest BCUT2D eigenvalue weighted by Crippen LogP contribution is 2.16. The van der Waals surface area contributed by atoms with Crippen molar-refractivity contribution in [3.63, 3.8) is 0 Å². The lowest BCUT2D eigenvalue weighted by Crippen LogP contribution is -2.28. The maximum atomic E-state index is 12.5. The maximum absolute atomic E-state index is 12.5. The van der Waals surface area contributed by atoms with E-state index in [0.29, 0.717) is 18.1 Å². The average Bonchev–Trinajstić information content (AvgIpc) is 2.97. The molecule has 0 unspecified atom stereocenters. The maximum Gasteiger partial charge on any atom is 0.274 e. The van der Waals surface area contributed by atoms with Crippen molar-refractivity contribution in [2.75, 3.05) is 13.3 Å². The molecule has 0 aliphatic heterocycles. The minimum absolute atomic E-state index is 0.0839. The molecule has 1 N–H and O–H groups in total. The highest BCUT2D eigenvalue weighted by atomic mass is 32.2. The Morgan fingerprint density at radius 2 is 2.12 bits per heavy atom. The van der Waals surface area contributed by atoms with E-state index in [1.54, 1.807) is 30.6 Å². The smallest absolute Gasteiger partial charge is 0.274 e. The minimum Gasteiger partial charge on any atom is -0.341 e. The molecule has 0 fully saturated rings. The summed E-state index contributed by atoms with van der Waals surface area (Å²) in [5.41, 5.74) is 1.43. The highest BCUT2D eigenvalue weighted by Gasteiger charge is 2.14. The van der Waals surface area contributed by atoms with Gasteiger partial charge >= 0.3 is 0 Å². The minimum atomic E-state index is -0.240. The molecule has 130 valence electrons. The molecular formula is C17H19N5O2S. The SMILES string of the molecule is CSc1cccc(CN(C)C(=O)Cc2nc3nc(C)cc(=O)n3[nH]2)c1. The van der Waals surface area contributed by atoms with Crippen molar-refractivity contribution in [1.82, 2.24) is 24.5 Å². The number of nitrogens with zero attached hydrogens (tertiary/aromatic N) is 4. The molecule has 2 aromatic heterocycles. The van der Waals surface area contributed by atoms with Gasteiger partial charge in [-0.15, -0.1) is 11.8 Å². The van der Waals surface area contributed by atoms with Gasteiger partial charge in [0, 0.05) is 30.2 Å². The molecule has 8 heteroatoms. The van der Waals surface area contributed by atoms with Crippen LogP contribution in [0.1, 0.15) is 17.1 Å². The van der Waals surface area contributed by atoms with Gasteiger partial charge < -0.3 is 4.90 Å². The van der Waals surface area contributed by atoms with E-state index in [1.165, 1.54) is 10.6 Å². The first-order valence-corrected chi connectivity index (χ1v) is 9.01. The molecule has 25 heavy (non-hydrogen) atoms. The van der Waals surface area contributed by atoms with Crippen molar-refractivity contribution >= 4 is 23.4 Å². The third kappa shape index (κ3) is 3.90. The van der Waals surface area contributed by atoms with Crippen molar-refractivity contribution in [3.05, 3.63) is 57.8 Å². The lowest BCUT2D eigenvalue weighted by Gasteiger charge is -2.17. The van der Waals surface area contributed by atoms with Gasteiger partial charge in [0.05, 0.1) is 6.42 Å². The number of aromatic nitrogens is 4. The van der Waals surface area contributed by atoms with Crippen LogP contribution >= 0.6 is 11.8 Å². The van der Waals surface area contributed by atoms with E-state index >= 15 is 0 Å². The van der Waals surface area contributed by atoms with E-state index in [1.807, 2.05) is 24.5 Å². The second-order valence-electron chi connectivity index (χ2n) is 5.82. The third-order valence-corrected chi connectivity index (χ3v) is 4.53. The predicted octanol–water partition coefficient (Wildman–Crippen LogP) is 1.65. The van der Waals surface area contributed by atoms with Crippen LogP contribution in [-0.4, -0.2) is 43.7 Å². The van der Waals surface area contributed by atoms with Crippen LogP contribution in [0.15, 0.2) is 40.0 Å². The summed E-state index contributed by atoms with van der Waals surface area (Å²) < 4.78 is 1.25. The quantitative estimate of drug-likeness (QED) is 0.702. The topological polar surface area (TPSA) is 83.4 Å². The summed E-state index contributed by atoms with van der Waals surface area (Å²) in [5, 5.41) is 2.84. The zero-order valence-electron chi connectivity index (χ0n) is 14.3. The monoisotopic (exact) mass is 357 g/mol. The summed E-state index contributed by atoms with van der Waals surface area (Å²) in [6, 6.07) is 9.51. The van der Waals surface area contributed by atoms with Crippen LogP contribution in [0.2, 0.25) is 0 Å². The van der Waals surface area contributed by atoms with Gasteiger partial charge in [0.15, 0.2) is 0 Å². The molecule has 0 bridgehead atoms. The molecule has 0 aliphatic rings. The number of amides is 1. The number of H-pyrrole nitrogens is 1. The first-order valence-electron chi connectivity index (χ1n) is 7.78. The molecule has 1 aromatic carbocycles. The molecule has 3 aromatic rings. The lowest BCUT2D eigenvalue weighted by atomic mass is 10.2. The van der Waals surface area contributed by atoms with E-state index in [2.05, 4.69) is 21.1 Å². The Hall–Kier alpha value is -2.61. The van der Waals surface area contributed by atoms with E-state index in [-0.39, 0.29) is 23.7 Å². The van der Waals surface area contributed by atoms with Gasteiger partial charge in [-0.1, -0.05) is 12.1 Å². The van der Waals surface area contributed by atoms with Crippen molar-refractivity contribution in [2.24, 2.45) is 0 Å². The molecule has 7 nitrogen and oxygen atoms in total. The van der Waals surface area contributed by atoms with Crippen LogP contribution in [-0.2, 0) is 17.8 Å².